The summed E-state index contributed by atoms with van der Waals surface area (Å²) in [5, 5.41) is 14.5. The first-order valence-electron chi connectivity index (χ1n) is 7.06. The van der Waals surface area contributed by atoms with E-state index in [9.17, 15) is 4.79 Å². The third-order valence-corrected chi connectivity index (χ3v) is 3.43. The molecule has 2 aromatic rings. The Hall–Kier alpha value is -2.44. The van der Waals surface area contributed by atoms with Crippen LogP contribution >= 0.6 is 0 Å². The van der Waals surface area contributed by atoms with Gasteiger partial charge >= 0.3 is 0 Å². The first-order chi connectivity index (χ1) is 10.2. The lowest BCUT2D eigenvalue weighted by molar-refractivity contribution is 0.102. The molecule has 1 N–H and O–H groups in total. The van der Waals surface area contributed by atoms with E-state index >= 15 is 0 Å². The van der Waals surface area contributed by atoms with Crippen LogP contribution in [-0.2, 0) is 0 Å². The van der Waals surface area contributed by atoms with Crippen LogP contribution in [0.1, 0.15) is 35.5 Å². The van der Waals surface area contributed by atoms with Gasteiger partial charge in [0.15, 0.2) is 17.3 Å². The van der Waals surface area contributed by atoms with Gasteiger partial charge in [-0.2, -0.15) is 0 Å². The van der Waals surface area contributed by atoms with Crippen LogP contribution in [0.2, 0.25) is 0 Å². The molecule has 0 radical (unpaired) electrons. The van der Waals surface area contributed by atoms with Crippen molar-refractivity contribution in [3.63, 3.8) is 0 Å². The van der Waals surface area contributed by atoms with E-state index < -0.39 is 0 Å². The van der Waals surface area contributed by atoms with Gasteiger partial charge in [-0.1, -0.05) is 5.16 Å². The predicted octanol–water partition coefficient (Wildman–Crippen LogP) is 2.02. The van der Waals surface area contributed by atoms with Gasteiger partial charge in [0, 0.05) is 19.2 Å². The summed E-state index contributed by atoms with van der Waals surface area (Å²) in [6, 6.07) is 5.16. The van der Waals surface area contributed by atoms with Gasteiger partial charge in [0.1, 0.15) is 5.76 Å². The molecule has 0 saturated carbocycles. The number of aryl methyl sites for hydroxylation is 1. The Morgan fingerprint density at radius 1 is 1.24 bits per heavy atom. The van der Waals surface area contributed by atoms with Crippen LogP contribution in [-0.4, -0.2) is 34.4 Å². The molecule has 0 spiro atoms. The summed E-state index contributed by atoms with van der Waals surface area (Å²) in [6.45, 7) is 3.76. The zero-order valence-corrected chi connectivity index (χ0v) is 11.9. The highest BCUT2D eigenvalue weighted by Gasteiger charge is 2.15. The lowest BCUT2D eigenvalue weighted by Crippen LogP contribution is -2.30. The molecule has 0 bridgehead atoms. The molecule has 1 saturated heterocycles. The first-order valence-corrected chi connectivity index (χ1v) is 7.06. The van der Waals surface area contributed by atoms with E-state index in [2.05, 4.69) is 25.6 Å². The van der Waals surface area contributed by atoms with Gasteiger partial charge in [-0.25, -0.2) is 0 Å². The molecule has 1 aliphatic heterocycles. The molecule has 0 unspecified atom stereocenters. The standard InChI is InChI=1S/C14H17N5O2/c1-10-9-12(18-21-10)15-14(20)11-5-6-13(17-16-11)19-7-3-2-4-8-19/h5-6,9H,2-4,7-8H2,1H3,(H,15,18,20). The van der Waals surface area contributed by atoms with Crippen molar-refractivity contribution in [2.45, 2.75) is 26.2 Å². The summed E-state index contributed by atoms with van der Waals surface area (Å²) < 4.78 is 4.89. The Balaban J connectivity index is 1.67. The second-order valence-electron chi connectivity index (χ2n) is 5.10. The van der Waals surface area contributed by atoms with Gasteiger partial charge < -0.3 is 14.7 Å². The molecular formula is C14H17N5O2. The fourth-order valence-electron chi connectivity index (χ4n) is 2.34. The van der Waals surface area contributed by atoms with Crippen LogP contribution in [0.5, 0.6) is 0 Å². The minimum absolute atomic E-state index is 0.261. The number of nitrogens with zero attached hydrogens (tertiary/aromatic N) is 4. The highest BCUT2D eigenvalue weighted by atomic mass is 16.5. The molecule has 110 valence electrons. The number of carbonyl (C=O) groups is 1. The van der Waals surface area contributed by atoms with Gasteiger partial charge in [-0.05, 0) is 38.3 Å². The van der Waals surface area contributed by atoms with Crippen molar-refractivity contribution < 1.29 is 9.32 Å². The molecule has 3 heterocycles. The largest absolute Gasteiger partial charge is 0.360 e. The maximum Gasteiger partial charge on any atom is 0.277 e. The van der Waals surface area contributed by atoms with Crippen LogP contribution in [0.4, 0.5) is 11.6 Å². The van der Waals surface area contributed by atoms with Gasteiger partial charge in [-0.15, -0.1) is 10.2 Å². The minimum atomic E-state index is -0.346. The molecule has 1 fully saturated rings. The molecule has 1 aliphatic rings. The Morgan fingerprint density at radius 2 is 2.05 bits per heavy atom. The van der Waals surface area contributed by atoms with Gasteiger partial charge in [-0.3, -0.25) is 4.79 Å². The van der Waals surface area contributed by atoms with Gasteiger partial charge in [0.25, 0.3) is 5.91 Å². The van der Waals surface area contributed by atoms with E-state index in [4.69, 9.17) is 4.52 Å². The molecule has 0 aliphatic carbocycles. The van der Waals surface area contributed by atoms with Crippen molar-refractivity contribution in [3.8, 4) is 0 Å². The summed E-state index contributed by atoms with van der Waals surface area (Å²) in [7, 11) is 0. The zero-order chi connectivity index (χ0) is 14.7. The number of amides is 1. The summed E-state index contributed by atoms with van der Waals surface area (Å²) in [5.74, 6) is 1.49. The average molecular weight is 287 g/mol. The smallest absolute Gasteiger partial charge is 0.277 e. The molecule has 0 atom stereocenters. The Bertz CT molecular complexity index is 617. The van der Waals surface area contributed by atoms with Crippen molar-refractivity contribution in [1.82, 2.24) is 15.4 Å². The highest BCUT2D eigenvalue weighted by Crippen LogP contribution is 2.17. The molecule has 0 aromatic carbocycles. The van der Waals surface area contributed by atoms with E-state index in [0.29, 0.717) is 11.6 Å². The lowest BCUT2D eigenvalue weighted by atomic mass is 10.1. The Labute approximate surface area is 122 Å². The number of anilines is 2. The topological polar surface area (TPSA) is 84.2 Å². The normalized spacial score (nSPS) is 15.0. The van der Waals surface area contributed by atoms with E-state index in [-0.39, 0.29) is 11.6 Å². The summed E-state index contributed by atoms with van der Waals surface area (Å²) in [6.07, 6.45) is 3.62. The van der Waals surface area contributed by atoms with Crippen LogP contribution in [0, 0.1) is 6.92 Å². The van der Waals surface area contributed by atoms with E-state index in [0.717, 1.165) is 18.9 Å². The maximum absolute atomic E-state index is 12.0. The Morgan fingerprint density at radius 3 is 2.67 bits per heavy atom. The minimum Gasteiger partial charge on any atom is -0.360 e. The molecule has 7 heteroatoms. The van der Waals surface area contributed by atoms with Gasteiger partial charge in [0.2, 0.25) is 0 Å². The number of hydrogen-bond acceptors (Lipinski definition) is 6. The van der Waals surface area contributed by atoms with Crippen LogP contribution in [0.3, 0.4) is 0 Å². The zero-order valence-electron chi connectivity index (χ0n) is 11.9. The fraction of sp³-hybridized carbons (Fsp3) is 0.429. The second-order valence-corrected chi connectivity index (χ2v) is 5.10. The second kappa shape index (κ2) is 5.90. The third kappa shape index (κ3) is 3.18. The number of hydrogen-bond donors (Lipinski definition) is 1. The maximum atomic E-state index is 12.0. The van der Waals surface area contributed by atoms with Crippen molar-refractivity contribution in [2.75, 3.05) is 23.3 Å². The van der Waals surface area contributed by atoms with Crippen LogP contribution in [0.15, 0.2) is 22.7 Å². The number of nitrogens with one attached hydrogen (secondary N) is 1. The van der Waals surface area contributed by atoms with E-state index in [1.165, 1.54) is 19.3 Å². The van der Waals surface area contributed by atoms with E-state index in [1.54, 1.807) is 19.1 Å². The van der Waals surface area contributed by atoms with Crippen molar-refractivity contribution in [3.05, 3.63) is 29.7 Å². The molecule has 21 heavy (non-hydrogen) atoms. The fourth-order valence-corrected chi connectivity index (χ4v) is 2.34. The summed E-state index contributed by atoms with van der Waals surface area (Å²) >= 11 is 0. The third-order valence-electron chi connectivity index (χ3n) is 3.43. The number of rotatable bonds is 3. The van der Waals surface area contributed by atoms with Crippen molar-refractivity contribution in [2.24, 2.45) is 0 Å². The summed E-state index contributed by atoms with van der Waals surface area (Å²) in [5.41, 5.74) is 0.261. The molecule has 3 rings (SSSR count). The predicted molar refractivity (Wildman–Crippen MR) is 77.3 cm³/mol. The Kier molecular flexibility index (Phi) is 3.81. The van der Waals surface area contributed by atoms with Crippen molar-refractivity contribution in [1.29, 1.82) is 0 Å². The number of carbonyl (C=O) groups excluding carboxylic acids is 1. The number of aromatic nitrogens is 3. The van der Waals surface area contributed by atoms with Crippen LogP contribution in [0.25, 0.3) is 0 Å². The lowest BCUT2D eigenvalue weighted by Gasteiger charge is -2.27. The molecule has 1 amide bonds. The highest BCUT2D eigenvalue weighted by molar-refractivity contribution is 6.02. The first kappa shape index (κ1) is 13.5. The van der Waals surface area contributed by atoms with Crippen LogP contribution < -0.4 is 10.2 Å². The van der Waals surface area contributed by atoms with Crippen molar-refractivity contribution >= 4 is 17.5 Å². The molecule has 7 nitrogen and oxygen atoms in total. The summed E-state index contributed by atoms with van der Waals surface area (Å²) in [4.78, 5) is 14.2. The number of piperidine rings is 1. The monoisotopic (exact) mass is 287 g/mol. The van der Waals surface area contributed by atoms with E-state index in [1.807, 2.05) is 6.07 Å². The van der Waals surface area contributed by atoms with Gasteiger partial charge in [0.05, 0.1) is 0 Å². The SMILES string of the molecule is Cc1cc(NC(=O)c2ccc(N3CCCCC3)nn2)no1. The quantitative estimate of drug-likeness (QED) is 0.929. The molecular weight excluding hydrogens is 270 g/mol. The molecule has 2 aromatic heterocycles. The average Bonchev–Trinajstić information content (AvgIpc) is 2.93.